The number of ether oxygens (including phenoxy) is 1. The zero-order valence-electron chi connectivity index (χ0n) is 13.6. The Morgan fingerprint density at radius 3 is 2.54 bits per heavy atom. The summed E-state index contributed by atoms with van der Waals surface area (Å²) < 4.78 is 46.6. The maximum atomic E-state index is 13.1. The summed E-state index contributed by atoms with van der Waals surface area (Å²) in [6.45, 7) is 4.41. The maximum absolute atomic E-state index is 13.1. The van der Waals surface area contributed by atoms with Crippen molar-refractivity contribution in [1.82, 2.24) is 4.31 Å². The Bertz CT molecular complexity index is 801. The predicted octanol–water partition coefficient (Wildman–Crippen LogP) is 3.60. The number of aryl methyl sites for hydroxylation is 1. The molecule has 1 saturated heterocycles. The van der Waals surface area contributed by atoms with E-state index in [1.807, 2.05) is 19.9 Å². The summed E-state index contributed by atoms with van der Waals surface area (Å²) in [4.78, 5) is 1.05. The fourth-order valence-corrected chi connectivity index (χ4v) is 5.75. The molecule has 0 radical (unpaired) electrons. The minimum absolute atomic E-state index is 0.228. The standard InChI is InChI=1S/C17H20FNO3S2/c1-3-15-8-9-17(23-15)24(20,21)19-10-12(2)22-16(11-19)13-4-6-14(18)7-5-13/h4-9,12,16H,3,10-11H2,1-2H3. The van der Waals surface area contributed by atoms with Gasteiger partial charge in [-0.05, 0) is 43.2 Å². The van der Waals surface area contributed by atoms with Crippen molar-refractivity contribution in [3.63, 3.8) is 0 Å². The summed E-state index contributed by atoms with van der Waals surface area (Å²) in [5.74, 6) is -0.322. The first-order valence-corrected chi connectivity index (χ1v) is 10.2. The van der Waals surface area contributed by atoms with E-state index in [9.17, 15) is 12.8 Å². The van der Waals surface area contributed by atoms with Crippen LogP contribution in [0.5, 0.6) is 0 Å². The van der Waals surface area contributed by atoms with E-state index >= 15 is 0 Å². The van der Waals surface area contributed by atoms with E-state index in [-0.39, 0.29) is 18.5 Å². The third-order valence-electron chi connectivity index (χ3n) is 4.05. The molecule has 0 spiro atoms. The van der Waals surface area contributed by atoms with Crippen molar-refractivity contribution in [2.24, 2.45) is 0 Å². The zero-order valence-corrected chi connectivity index (χ0v) is 15.2. The third kappa shape index (κ3) is 3.54. The minimum Gasteiger partial charge on any atom is -0.368 e. The average Bonchev–Trinajstić information content (AvgIpc) is 3.05. The molecule has 130 valence electrons. The Labute approximate surface area is 145 Å². The molecule has 3 rings (SSSR count). The van der Waals surface area contributed by atoms with Gasteiger partial charge in [-0.2, -0.15) is 4.31 Å². The highest BCUT2D eigenvalue weighted by Crippen LogP contribution is 2.31. The molecule has 0 bridgehead atoms. The number of hydrogen-bond donors (Lipinski definition) is 0. The van der Waals surface area contributed by atoms with Crippen LogP contribution in [0.15, 0.2) is 40.6 Å². The van der Waals surface area contributed by atoms with Gasteiger partial charge in [0, 0.05) is 18.0 Å². The van der Waals surface area contributed by atoms with E-state index in [0.717, 1.165) is 16.9 Å². The molecule has 0 amide bonds. The summed E-state index contributed by atoms with van der Waals surface area (Å²) >= 11 is 1.31. The monoisotopic (exact) mass is 369 g/mol. The second kappa shape index (κ2) is 6.92. The lowest BCUT2D eigenvalue weighted by Crippen LogP contribution is -2.45. The first-order chi connectivity index (χ1) is 11.4. The Morgan fingerprint density at radius 1 is 1.21 bits per heavy atom. The molecule has 1 aliphatic heterocycles. The lowest BCUT2D eigenvalue weighted by atomic mass is 10.1. The zero-order chi connectivity index (χ0) is 17.3. The molecular weight excluding hydrogens is 349 g/mol. The number of thiophene rings is 1. The molecule has 0 N–H and O–H groups in total. The second-order valence-electron chi connectivity index (χ2n) is 5.88. The Morgan fingerprint density at radius 2 is 1.92 bits per heavy atom. The Kier molecular flexibility index (Phi) is 5.05. The molecule has 1 fully saturated rings. The largest absolute Gasteiger partial charge is 0.368 e. The third-order valence-corrected chi connectivity index (χ3v) is 7.58. The van der Waals surface area contributed by atoms with E-state index in [4.69, 9.17) is 4.74 Å². The van der Waals surface area contributed by atoms with Crippen LogP contribution in [0.3, 0.4) is 0 Å². The van der Waals surface area contributed by atoms with Gasteiger partial charge in [0.15, 0.2) is 0 Å². The number of morpholine rings is 1. The van der Waals surface area contributed by atoms with Gasteiger partial charge in [-0.15, -0.1) is 11.3 Å². The van der Waals surface area contributed by atoms with Gasteiger partial charge in [0.05, 0.1) is 12.2 Å². The number of hydrogen-bond acceptors (Lipinski definition) is 4. The average molecular weight is 369 g/mol. The Hall–Kier alpha value is -1.28. The first kappa shape index (κ1) is 17.5. The van der Waals surface area contributed by atoms with Crippen molar-refractivity contribution < 1.29 is 17.5 Å². The molecule has 2 heterocycles. The summed E-state index contributed by atoms with van der Waals surface area (Å²) in [6, 6.07) is 9.55. The van der Waals surface area contributed by atoms with Crippen LogP contribution in [-0.4, -0.2) is 31.9 Å². The van der Waals surface area contributed by atoms with Gasteiger partial charge in [0.1, 0.15) is 10.0 Å². The van der Waals surface area contributed by atoms with Crippen molar-refractivity contribution in [2.45, 2.75) is 36.7 Å². The molecule has 4 nitrogen and oxygen atoms in total. The summed E-state index contributed by atoms with van der Waals surface area (Å²) in [5, 5.41) is 0. The van der Waals surface area contributed by atoms with E-state index < -0.39 is 16.1 Å². The van der Waals surface area contributed by atoms with Crippen LogP contribution in [-0.2, 0) is 21.2 Å². The highest BCUT2D eigenvalue weighted by atomic mass is 32.2. The summed E-state index contributed by atoms with van der Waals surface area (Å²) in [5.41, 5.74) is 0.781. The summed E-state index contributed by atoms with van der Waals surface area (Å²) in [6.07, 6.45) is 0.196. The molecule has 2 atom stereocenters. The SMILES string of the molecule is CCc1ccc(S(=O)(=O)N2CC(C)OC(c3ccc(F)cc3)C2)s1. The Balaban J connectivity index is 1.86. The van der Waals surface area contributed by atoms with Crippen LogP contribution in [0.25, 0.3) is 0 Å². The number of rotatable bonds is 4. The normalized spacial score (nSPS) is 22.6. The van der Waals surface area contributed by atoms with E-state index in [2.05, 4.69) is 0 Å². The predicted molar refractivity (Wildman–Crippen MR) is 92.1 cm³/mol. The van der Waals surface area contributed by atoms with Gasteiger partial charge in [0.2, 0.25) is 0 Å². The highest BCUT2D eigenvalue weighted by molar-refractivity contribution is 7.91. The van der Waals surface area contributed by atoms with Gasteiger partial charge in [-0.3, -0.25) is 0 Å². The fraction of sp³-hybridized carbons (Fsp3) is 0.412. The second-order valence-corrected chi connectivity index (χ2v) is 9.22. The van der Waals surface area contributed by atoms with E-state index in [1.54, 1.807) is 18.2 Å². The van der Waals surface area contributed by atoms with Crippen molar-refractivity contribution in [1.29, 1.82) is 0 Å². The van der Waals surface area contributed by atoms with Crippen molar-refractivity contribution >= 4 is 21.4 Å². The van der Waals surface area contributed by atoms with Gasteiger partial charge < -0.3 is 4.74 Å². The fourth-order valence-electron chi connectivity index (χ4n) is 2.78. The molecule has 1 aromatic heterocycles. The molecular formula is C17H20FNO3S2. The van der Waals surface area contributed by atoms with Gasteiger partial charge in [0.25, 0.3) is 10.0 Å². The van der Waals surface area contributed by atoms with E-state index in [0.29, 0.717) is 10.8 Å². The molecule has 0 saturated carbocycles. The molecule has 0 aliphatic carbocycles. The van der Waals surface area contributed by atoms with Crippen molar-refractivity contribution in [3.8, 4) is 0 Å². The van der Waals surface area contributed by atoms with Crippen LogP contribution in [0.2, 0.25) is 0 Å². The van der Waals surface area contributed by atoms with Crippen LogP contribution in [0.4, 0.5) is 4.39 Å². The summed E-state index contributed by atoms with van der Waals surface area (Å²) in [7, 11) is -3.54. The smallest absolute Gasteiger partial charge is 0.252 e. The molecule has 7 heteroatoms. The number of nitrogens with zero attached hydrogens (tertiary/aromatic N) is 1. The van der Waals surface area contributed by atoms with Crippen molar-refractivity contribution in [3.05, 3.63) is 52.7 Å². The van der Waals surface area contributed by atoms with Crippen molar-refractivity contribution in [2.75, 3.05) is 13.1 Å². The molecule has 2 unspecified atom stereocenters. The van der Waals surface area contributed by atoms with E-state index in [1.165, 1.54) is 27.8 Å². The minimum atomic E-state index is -3.54. The van der Waals surface area contributed by atoms with Crippen LogP contribution in [0.1, 0.15) is 30.4 Å². The number of halogens is 1. The molecule has 2 aromatic rings. The number of benzene rings is 1. The molecule has 1 aromatic carbocycles. The van der Waals surface area contributed by atoms with Gasteiger partial charge in [-0.1, -0.05) is 19.1 Å². The van der Waals surface area contributed by atoms with Crippen LogP contribution >= 0.6 is 11.3 Å². The quantitative estimate of drug-likeness (QED) is 0.827. The molecule has 1 aliphatic rings. The maximum Gasteiger partial charge on any atom is 0.252 e. The number of sulfonamides is 1. The lowest BCUT2D eigenvalue weighted by Gasteiger charge is -2.36. The first-order valence-electron chi connectivity index (χ1n) is 7.90. The lowest BCUT2D eigenvalue weighted by molar-refractivity contribution is -0.0556. The highest BCUT2D eigenvalue weighted by Gasteiger charge is 2.35. The van der Waals surface area contributed by atoms with Gasteiger partial charge in [-0.25, -0.2) is 12.8 Å². The van der Waals surface area contributed by atoms with Crippen LogP contribution < -0.4 is 0 Å². The molecule has 24 heavy (non-hydrogen) atoms. The topological polar surface area (TPSA) is 46.6 Å². The van der Waals surface area contributed by atoms with Crippen LogP contribution in [0, 0.1) is 5.82 Å². The van der Waals surface area contributed by atoms with Gasteiger partial charge >= 0.3 is 0 Å².